The third kappa shape index (κ3) is 3.92. The Morgan fingerprint density at radius 2 is 1.94 bits per heavy atom. The fourth-order valence-electron chi connectivity index (χ4n) is 4.49. The smallest absolute Gasteiger partial charge is 0.219 e. The number of fused-ring (bicyclic) bond motifs is 1. The van der Waals surface area contributed by atoms with Gasteiger partial charge in [0.05, 0.1) is 5.69 Å². The van der Waals surface area contributed by atoms with Crippen molar-refractivity contribution in [1.82, 2.24) is 9.88 Å². The van der Waals surface area contributed by atoms with Crippen LogP contribution in [0.2, 0.25) is 0 Å². The molecule has 1 amide bonds. The number of hydrogen-bond donors (Lipinski definition) is 1. The zero-order chi connectivity index (χ0) is 21.5. The van der Waals surface area contributed by atoms with Crippen molar-refractivity contribution in [2.45, 2.75) is 26.7 Å². The van der Waals surface area contributed by atoms with E-state index in [2.05, 4.69) is 42.6 Å². The molecule has 1 aliphatic carbocycles. The van der Waals surface area contributed by atoms with Crippen LogP contribution >= 0.6 is 0 Å². The molecule has 4 nitrogen and oxygen atoms in total. The Bertz CT molecular complexity index is 1230. The van der Waals surface area contributed by atoms with Gasteiger partial charge in [-0.15, -0.1) is 0 Å². The number of aromatic nitrogens is 1. The second-order valence-electron chi connectivity index (χ2n) is 8.46. The van der Waals surface area contributed by atoms with Gasteiger partial charge in [0.25, 0.3) is 0 Å². The van der Waals surface area contributed by atoms with Crippen LogP contribution in [0.4, 0.5) is 10.1 Å². The molecule has 1 aliphatic heterocycles. The molecule has 3 aromatic rings. The third-order valence-corrected chi connectivity index (χ3v) is 6.35. The Morgan fingerprint density at radius 3 is 2.61 bits per heavy atom. The molecule has 2 aromatic carbocycles. The van der Waals surface area contributed by atoms with E-state index in [1.165, 1.54) is 17.7 Å². The largest absolute Gasteiger partial charge is 0.360 e. The summed E-state index contributed by atoms with van der Waals surface area (Å²) in [5.74, 6) is 0.290. The van der Waals surface area contributed by atoms with Gasteiger partial charge in [0.1, 0.15) is 5.82 Å². The Balaban J connectivity index is 1.43. The molecule has 0 atom stereocenters. The van der Waals surface area contributed by atoms with Crippen LogP contribution in [0, 0.1) is 25.1 Å². The molecule has 31 heavy (non-hydrogen) atoms. The van der Waals surface area contributed by atoms with Crippen LogP contribution in [0.25, 0.3) is 22.0 Å². The van der Waals surface area contributed by atoms with Crippen LogP contribution in [0.5, 0.6) is 0 Å². The zero-order valence-corrected chi connectivity index (χ0v) is 17.8. The molecular weight excluding hydrogens is 389 g/mol. The minimum Gasteiger partial charge on any atom is -0.360 e. The average Bonchev–Trinajstić information content (AvgIpc) is 3.52. The van der Waals surface area contributed by atoms with E-state index >= 15 is 0 Å². The van der Waals surface area contributed by atoms with E-state index < -0.39 is 0 Å². The normalized spacial score (nSPS) is 17.2. The molecule has 0 saturated carbocycles. The lowest BCUT2D eigenvalue weighted by Crippen LogP contribution is -2.39. The van der Waals surface area contributed by atoms with E-state index in [0.717, 1.165) is 64.9 Å². The molecule has 0 spiro atoms. The maximum Gasteiger partial charge on any atom is 0.219 e. The second-order valence-corrected chi connectivity index (χ2v) is 8.46. The summed E-state index contributed by atoms with van der Waals surface area (Å²) in [6, 6.07) is 11.1. The number of piperidine rings is 1. The lowest BCUT2D eigenvalue weighted by atomic mass is 9.90. The predicted octanol–water partition coefficient (Wildman–Crippen LogP) is 5.76. The number of amides is 1. The highest BCUT2D eigenvalue weighted by Crippen LogP contribution is 2.35. The molecule has 1 aromatic heterocycles. The number of hydrogen-bond acceptors (Lipinski definition) is 2. The van der Waals surface area contributed by atoms with Gasteiger partial charge in [-0.05, 0) is 66.8 Å². The summed E-state index contributed by atoms with van der Waals surface area (Å²) < 4.78 is 13.5. The van der Waals surface area contributed by atoms with Crippen molar-refractivity contribution in [3.8, 4) is 11.1 Å². The van der Waals surface area contributed by atoms with Gasteiger partial charge >= 0.3 is 0 Å². The number of carbonyl (C=O) groups excluding carboxylic acids is 1. The van der Waals surface area contributed by atoms with E-state index in [1.807, 2.05) is 17.2 Å². The Morgan fingerprint density at radius 1 is 1.16 bits per heavy atom. The quantitative estimate of drug-likeness (QED) is 0.542. The van der Waals surface area contributed by atoms with Crippen molar-refractivity contribution >= 4 is 28.2 Å². The standard InChI is InChI=1S/C26H25FN3O/c1-16-13-20(23-15-28-25-14-21(27)6-7-22(23)25)5-8-24(16)29-26(18-3-4-18)19-9-11-30(12-10-19)17(2)31/h3-8,13-15,19,28H,9-12H2,1-2H3. The summed E-state index contributed by atoms with van der Waals surface area (Å²) in [7, 11) is 0. The van der Waals surface area contributed by atoms with Crippen molar-refractivity contribution < 1.29 is 9.18 Å². The first-order valence-electron chi connectivity index (χ1n) is 10.8. The first kappa shape index (κ1) is 19.7. The SMILES string of the molecule is CC(=O)N1CCC(C(=Nc2ccc(-c3c[nH]c4cc(F)ccc34)cc2C)C2=C[CH]2)CC1. The molecule has 5 heteroatoms. The van der Waals surface area contributed by atoms with Gasteiger partial charge in [0.2, 0.25) is 5.91 Å². The molecular formula is C26H25FN3O. The van der Waals surface area contributed by atoms with Crippen molar-refractivity contribution in [1.29, 1.82) is 0 Å². The monoisotopic (exact) mass is 414 g/mol. The second kappa shape index (κ2) is 7.80. The first-order valence-corrected chi connectivity index (χ1v) is 10.8. The number of allylic oxidation sites excluding steroid dienone is 2. The highest BCUT2D eigenvalue weighted by Gasteiger charge is 2.29. The van der Waals surface area contributed by atoms with E-state index in [9.17, 15) is 9.18 Å². The van der Waals surface area contributed by atoms with Gasteiger partial charge in [0.15, 0.2) is 0 Å². The molecule has 1 N–H and O–H groups in total. The number of likely N-dealkylation sites (tertiary alicyclic amines) is 1. The Hall–Kier alpha value is -3.21. The average molecular weight is 415 g/mol. The van der Waals surface area contributed by atoms with Gasteiger partial charge in [-0.1, -0.05) is 12.1 Å². The minimum absolute atomic E-state index is 0.153. The highest BCUT2D eigenvalue weighted by molar-refractivity contribution is 6.09. The fourth-order valence-corrected chi connectivity index (χ4v) is 4.49. The van der Waals surface area contributed by atoms with Gasteiger partial charge in [-0.3, -0.25) is 9.79 Å². The number of carbonyl (C=O) groups is 1. The molecule has 0 bridgehead atoms. The summed E-state index contributed by atoms with van der Waals surface area (Å²) in [6.07, 6.45) is 8.06. The van der Waals surface area contributed by atoms with Crippen LogP contribution in [0.15, 0.2) is 59.2 Å². The maximum atomic E-state index is 13.5. The van der Waals surface area contributed by atoms with Crippen molar-refractivity contribution in [3.05, 3.63) is 72.0 Å². The molecule has 0 unspecified atom stereocenters. The summed E-state index contributed by atoms with van der Waals surface area (Å²) in [5, 5.41) is 1.01. The van der Waals surface area contributed by atoms with E-state index in [-0.39, 0.29) is 11.7 Å². The van der Waals surface area contributed by atoms with E-state index in [4.69, 9.17) is 4.99 Å². The molecule has 2 heterocycles. The number of aryl methyl sites for hydroxylation is 1. The predicted molar refractivity (Wildman–Crippen MR) is 123 cm³/mol. The van der Waals surface area contributed by atoms with Crippen LogP contribution in [0.3, 0.4) is 0 Å². The summed E-state index contributed by atoms with van der Waals surface area (Å²) in [5.41, 5.74) is 7.38. The lowest BCUT2D eigenvalue weighted by molar-refractivity contribution is -0.129. The zero-order valence-electron chi connectivity index (χ0n) is 17.8. The van der Waals surface area contributed by atoms with Crippen LogP contribution < -0.4 is 0 Å². The molecule has 1 saturated heterocycles. The molecule has 157 valence electrons. The first-order chi connectivity index (χ1) is 15.0. The maximum absolute atomic E-state index is 13.5. The topological polar surface area (TPSA) is 48.5 Å². The van der Waals surface area contributed by atoms with E-state index in [1.54, 1.807) is 6.92 Å². The van der Waals surface area contributed by atoms with Crippen molar-refractivity contribution in [3.63, 3.8) is 0 Å². The van der Waals surface area contributed by atoms with Gasteiger partial charge in [0, 0.05) is 60.7 Å². The van der Waals surface area contributed by atoms with Crippen LogP contribution in [-0.4, -0.2) is 34.6 Å². The molecule has 1 radical (unpaired) electrons. The van der Waals surface area contributed by atoms with Gasteiger partial charge in [-0.25, -0.2) is 4.39 Å². The number of rotatable bonds is 4. The molecule has 1 fully saturated rings. The summed E-state index contributed by atoms with van der Waals surface area (Å²) >= 11 is 0. The molecule has 2 aliphatic rings. The number of halogens is 1. The van der Waals surface area contributed by atoms with Crippen LogP contribution in [-0.2, 0) is 4.79 Å². The van der Waals surface area contributed by atoms with Crippen LogP contribution in [0.1, 0.15) is 25.3 Å². The summed E-state index contributed by atoms with van der Waals surface area (Å²) in [6.45, 7) is 5.32. The highest BCUT2D eigenvalue weighted by atomic mass is 19.1. The number of benzene rings is 2. The van der Waals surface area contributed by atoms with Gasteiger partial charge < -0.3 is 9.88 Å². The number of H-pyrrole nitrogens is 1. The number of nitrogens with one attached hydrogen (secondary N) is 1. The Labute approximate surface area is 181 Å². The van der Waals surface area contributed by atoms with E-state index in [0.29, 0.717) is 5.92 Å². The minimum atomic E-state index is -0.241. The number of nitrogens with zero attached hydrogens (tertiary/aromatic N) is 2. The summed E-state index contributed by atoms with van der Waals surface area (Å²) in [4.78, 5) is 21.8. The molecule has 5 rings (SSSR count). The third-order valence-electron chi connectivity index (χ3n) is 6.35. The number of aromatic amines is 1. The van der Waals surface area contributed by atoms with Gasteiger partial charge in [-0.2, -0.15) is 0 Å². The van der Waals surface area contributed by atoms with Crippen molar-refractivity contribution in [2.24, 2.45) is 10.9 Å². The lowest BCUT2D eigenvalue weighted by Gasteiger charge is -2.31. The fraction of sp³-hybridized carbons (Fsp3) is 0.269. The van der Waals surface area contributed by atoms with Crippen molar-refractivity contribution in [2.75, 3.05) is 13.1 Å². The number of aliphatic imine (C=N–C) groups is 1. The Kier molecular flexibility index (Phi) is 4.97.